The minimum Gasteiger partial charge on any atom is -0.287 e. The van der Waals surface area contributed by atoms with Crippen molar-refractivity contribution in [3.63, 3.8) is 0 Å². The van der Waals surface area contributed by atoms with Crippen molar-refractivity contribution in [3.05, 3.63) is 46.3 Å². The number of para-hydroxylation sites is 1. The fraction of sp³-hybridized carbons (Fsp3) is 0.375. The number of benzene rings is 1. The van der Waals surface area contributed by atoms with Gasteiger partial charge in [-0.3, -0.25) is 9.36 Å². The molecule has 0 unspecified atom stereocenters. The third-order valence-corrected chi connectivity index (χ3v) is 3.88. The van der Waals surface area contributed by atoms with Crippen LogP contribution in [0.5, 0.6) is 0 Å². The highest BCUT2D eigenvalue weighted by Crippen LogP contribution is 2.18. The van der Waals surface area contributed by atoms with Crippen LogP contribution in [0.1, 0.15) is 27.2 Å². The van der Waals surface area contributed by atoms with Gasteiger partial charge < -0.3 is 0 Å². The molecule has 0 radical (unpaired) electrons. The van der Waals surface area contributed by atoms with E-state index in [1.807, 2.05) is 24.3 Å². The van der Waals surface area contributed by atoms with Crippen LogP contribution in [-0.4, -0.2) is 15.3 Å². The molecule has 2 aromatic rings. The van der Waals surface area contributed by atoms with Crippen molar-refractivity contribution in [2.24, 2.45) is 0 Å². The van der Waals surface area contributed by atoms with Gasteiger partial charge in [0.05, 0.1) is 10.9 Å². The summed E-state index contributed by atoms with van der Waals surface area (Å²) in [6.07, 6.45) is 3.08. The molecule has 1 heterocycles. The third-order valence-electron chi connectivity index (χ3n) is 2.98. The van der Waals surface area contributed by atoms with Crippen LogP contribution in [0.3, 0.4) is 0 Å². The first-order valence-corrected chi connectivity index (χ1v) is 7.87. The molecule has 0 fully saturated rings. The fourth-order valence-corrected chi connectivity index (χ4v) is 3.02. The Morgan fingerprint density at radius 2 is 2.10 bits per heavy atom. The molecule has 0 aliphatic heterocycles. The van der Waals surface area contributed by atoms with E-state index in [9.17, 15) is 4.79 Å². The van der Waals surface area contributed by atoms with Gasteiger partial charge in [-0.15, -0.1) is 0 Å². The average molecular weight is 288 g/mol. The molecule has 0 bridgehead atoms. The number of rotatable bonds is 5. The Hall–Kier alpha value is -1.55. The van der Waals surface area contributed by atoms with Gasteiger partial charge in [-0.25, -0.2) is 4.98 Å². The molecule has 4 heteroatoms. The Kier molecular flexibility index (Phi) is 5.01. The van der Waals surface area contributed by atoms with Gasteiger partial charge in [0.1, 0.15) is 0 Å². The quantitative estimate of drug-likeness (QED) is 0.476. The average Bonchev–Trinajstić information content (AvgIpc) is 2.42. The van der Waals surface area contributed by atoms with E-state index in [1.165, 1.54) is 5.57 Å². The minimum absolute atomic E-state index is 0.0668. The van der Waals surface area contributed by atoms with Gasteiger partial charge in [-0.1, -0.05) is 42.5 Å². The smallest absolute Gasteiger partial charge is 0.262 e. The van der Waals surface area contributed by atoms with E-state index < -0.39 is 0 Å². The molecule has 0 saturated carbocycles. The minimum atomic E-state index is 0.0668. The number of fused-ring (bicyclic) bond motifs is 1. The van der Waals surface area contributed by atoms with Gasteiger partial charge >= 0.3 is 0 Å². The molecule has 0 aliphatic carbocycles. The highest BCUT2D eigenvalue weighted by atomic mass is 32.2. The summed E-state index contributed by atoms with van der Waals surface area (Å²) in [5.41, 5.74) is 2.13. The second-order valence-corrected chi connectivity index (χ2v) is 5.95. The van der Waals surface area contributed by atoms with E-state index in [0.29, 0.717) is 11.9 Å². The number of thioether (sulfide) groups is 1. The highest BCUT2D eigenvalue weighted by Gasteiger charge is 2.09. The number of nitrogens with zero attached hydrogens (tertiary/aromatic N) is 2. The summed E-state index contributed by atoms with van der Waals surface area (Å²) in [4.78, 5) is 17.2. The van der Waals surface area contributed by atoms with Crippen molar-refractivity contribution in [2.45, 2.75) is 38.9 Å². The second kappa shape index (κ2) is 6.75. The standard InChI is InChI=1S/C16H20N2OS/c1-4-10-18-15(19)13-7-5-6-8-14(13)17-16(18)20-11-9-12(2)3/h5-9H,4,10-11H2,1-3H3. The second-order valence-electron chi connectivity index (χ2n) is 4.96. The van der Waals surface area contributed by atoms with Crippen LogP contribution in [0, 0.1) is 0 Å². The van der Waals surface area contributed by atoms with Crippen molar-refractivity contribution >= 4 is 22.7 Å². The molecule has 20 heavy (non-hydrogen) atoms. The highest BCUT2D eigenvalue weighted by molar-refractivity contribution is 7.99. The van der Waals surface area contributed by atoms with Crippen LogP contribution in [-0.2, 0) is 6.54 Å². The molecule has 3 nitrogen and oxygen atoms in total. The molecular weight excluding hydrogens is 268 g/mol. The zero-order valence-electron chi connectivity index (χ0n) is 12.2. The van der Waals surface area contributed by atoms with E-state index in [0.717, 1.165) is 22.8 Å². The van der Waals surface area contributed by atoms with Gasteiger partial charge in [0.25, 0.3) is 5.56 Å². The molecule has 106 valence electrons. The Morgan fingerprint density at radius 1 is 1.35 bits per heavy atom. The number of allylic oxidation sites excluding steroid dienone is 1. The van der Waals surface area contributed by atoms with Crippen LogP contribution in [0.2, 0.25) is 0 Å². The molecule has 1 aromatic carbocycles. The molecule has 1 aromatic heterocycles. The van der Waals surface area contributed by atoms with Crippen LogP contribution in [0.15, 0.2) is 45.9 Å². The Morgan fingerprint density at radius 3 is 2.80 bits per heavy atom. The van der Waals surface area contributed by atoms with Gasteiger partial charge in [0.2, 0.25) is 0 Å². The van der Waals surface area contributed by atoms with Crippen molar-refractivity contribution in [2.75, 3.05) is 5.75 Å². The predicted octanol–water partition coefficient (Wildman–Crippen LogP) is 3.86. The zero-order valence-corrected chi connectivity index (χ0v) is 13.0. The monoisotopic (exact) mass is 288 g/mol. The summed E-state index contributed by atoms with van der Waals surface area (Å²) in [5.74, 6) is 0.844. The normalized spacial score (nSPS) is 10.8. The van der Waals surface area contributed by atoms with E-state index in [1.54, 1.807) is 16.3 Å². The summed E-state index contributed by atoms with van der Waals surface area (Å²) >= 11 is 1.62. The number of aromatic nitrogens is 2. The first-order valence-electron chi connectivity index (χ1n) is 6.89. The SMILES string of the molecule is CCCn1c(SCC=C(C)C)nc2ccccc2c1=O. The van der Waals surface area contributed by atoms with Crippen molar-refractivity contribution in [1.82, 2.24) is 9.55 Å². The molecule has 0 saturated heterocycles. The molecule has 0 aliphatic rings. The lowest BCUT2D eigenvalue weighted by atomic mass is 10.2. The summed E-state index contributed by atoms with van der Waals surface area (Å²) in [6.45, 7) is 6.95. The van der Waals surface area contributed by atoms with Crippen molar-refractivity contribution in [3.8, 4) is 0 Å². The van der Waals surface area contributed by atoms with E-state index in [-0.39, 0.29) is 5.56 Å². The molecule has 0 spiro atoms. The first-order chi connectivity index (χ1) is 9.63. The Balaban J connectivity index is 2.48. The van der Waals surface area contributed by atoms with Crippen molar-refractivity contribution in [1.29, 1.82) is 0 Å². The van der Waals surface area contributed by atoms with E-state index in [4.69, 9.17) is 0 Å². The Labute approximate surface area is 123 Å². The lowest BCUT2D eigenvalue weighted by Gasteiger charge is -2.11. The lowest BCUT2D eigenvalue weighted by Crippen LogP contribution is -2.23. The van der Waals surface area contributed by atoms with Gasteiger partial charge in [-0.05, 0) is 32.4 Å². The summed E-state index contributed by atoms with van der Waals surface area (Å²) in [7, 11) is 0. The fourth-order valence-electron chi connectivity index (χ4n) is 1.96. The largest absolute Gasteiger partial charge is 0.287 e. The summed E-state index contributed by atoms with van der Waals surface area (Å²) in [6, 6.07) is 7.56. The van der Waals surface area contributed by atoms with Gasteiger partial charge in [0.15, 0.2) is 5.16 Å². The number of hydrogen-bond acceptors (Lipinski definition) is 3. The van der Waals surface area contributed by atoms with E-state index in [2.05, 4.69) is 31.8 Å². The van der Waals surface area contributed by atoms with Gasteiger partial charge in [0, 0.05) is 12.3 Å². The zero-order chi connectivity index (χ0) is 14.5. The van der Waals surface area contributed by atoms with Crippen LogP contribution in [0.25, 0.3) is 10.9 Å². The maximum absolute atomic E-state index is 12.5. The topological polar surface area (TPSA) is 34.9 Å². The molecular formula is C16H20N2OS. The van der Waals surface area contributed by atoms with E-state index >= 15 is 0 Å². The summed E-state index contributed by atoms with van der Waals surface area (Å²) in [5, 5.41) is 1.51. The van der Waals surface area contributed by atoms with Crippen LogP contribution >= 0.6 is 11.8 Å². The van der Waals surface area contributed by atoms with Crippen LogP contribution in [0.4, 0.5) is 0 Å². The maximum Gasteiger partial charge on any atom is 0.262 e. The summed E-state index contributed by atoms with van der Waals surface area (Å²) < 4.78 is 1.80. The molecule has 0 N–H and O–H groups in total. The maximum atomic E-state index is 12.5. The van der Waals surface area contributed by atoms with Gasteiger partial charge in [-0.2, -0.15) is 0 Å². The third kappa shape index (κ3) is 3.31. The molecule has 0 amide bonds. The van der Waals surface area contributed by atoms with Crippen molar-refractivity contribution < 1.29 is 0 Å². The Bertz CT molecular complexity index is 684. The predicted molar refractivity (Wildman–Crippen MR) is 86.4 cm³/mol. The molecule has 2 rings (SSSR count). The lowest BCUT2D eigenvalue weighted by molar-refractivity contribution is 0.585. The number of hydrogen-bond donors (Lipinski definition) is 0. The van der Waals surface area contributed by atoms with Crippen LogP contribution < -0.4 is 5.56 Å². The molecule has 0 atom stereocenters. The first kappa shape index (κ1) is 14.9.